The van der Waals surface area contributed by atoms with E-state index in [4.69, 9.17) is 9.47 Å². The van der Waals surface area contributed by atoms with Crippen LogP contribution in [0.5, 0.6) is 0 Å². The van der Waals surface area contributed by atoms with Crippen molar-refractivity contribution in [3.63, 3.8) is 0 Å². The molecule has 0 spiro atoms. The Balaban J connectivity index is 3.30. The van der Waals surface area contributed by atoms with Crippen molar-refractivity contribution in [2.24, 2.45) is 0 Å². The molecule has 0 rings (SSSR count). The largest absolute Gasteiger partial charge is 0.462 e. The SMILES string of the molecule is CCCCCCCCCCCC(=O)OCCOC(=O)CCCCCCCC. The lowest BCUT2D eigenvalue weighted by molar-refractivity contribution is -0.152. The predicted molar refractivity (Wildman–Crippen MR) is 112 cm³/mol. The van der Waals surface area contributed by atoms with Crippen molar-refractivity contribution in [2.75, 3.05) is 13.2 Å². The minimum atomic E-state index is -0.180. The van der Waals surface area contributed by atoms with Gasteiger partial charge in [-0.1, -0.05) is 97.3 Å². The molecular formula is C23H44O4. The molecule has 0 saturated heterocycles. The average Bonchev–Trinajstić information content (AvgIpc) is 2.66. The fraction of sp³-hybridized carbons (Fsp3) is 0.913. The Kier molecular flexibility index (Phi) is 20.4. The second kappa shape index (κ2) is 21.2. The van der Waals surface area contributed by atoms with Gasteiger partial charge >= 0.3 is 11.9 Å². The molecule has 0 heterocycles. The predicted octanol–water partition coefficient (Wildman–Crippen LogP) is 6.74. The van der Waals surface area contributed by atoms with E-state index in [2.05, 4.69) is 13.8 Å². The Morgan fingerprint density at radius 3 is 1.11 bits per heavy atom. The van der Waals surface area contributed by atoms with Crippen LogP contribution < -0.4 is 0 Å². The van der Waals surface area contributed by atoms with Gasteiger partial charge in [0.2, 0.25) is 0 Å². The van der Waals surface area contributed by atoms with E-state index in [9.17, 15) is 9.59 Å². The molecule has 0 aliphatic rings. The lowest BCUT2D eigenvalue weighted by Crippen LogP contribution is -2.13. The number of esters is 2. The van der Waals surface area contributed by atoms with Crippen LogP contribution >= 0.6 is 0 Å². The monoisotopic (exact) mass is 384 g/mol. The number of carbonyl (C=O) groups excluding carboxylic acids is 2. The zero-order chi connectivity index (χ0) is 20.0. The van der Waals surface area contributed by atoms with Crippen molar-refractivity contribution in [1.82, 2.24) is 0 Å². The summed E-state index contributed by atoms with van der Waals surface area (Å²) in [5.41, 5.74) is 0. The Morgan fingerprint density at radius 2 is 0.778 bits per heavy atom. The third-order valence-electron chi connectivity index (χ3n) is 4.83. The Bertz CT molecular complexity index is 341. The molecule has 0 fully saturated rings. The molecule has 0 aromatic carbocycles. The number of ether oxygens (including phenoxy) is 2. The van der Waals surface area contributed by atoms with Crippen LogP contribution in [-0.2, 0) is 19.1 Å². The van der Waals surface area contributed by atoms with Crippen LogP contribution in [0.2, 0.25) is 0 Å². The summed E-state index contributed by atoms with van der Waals surface area (Å²) in [5, 5.41) is 0. The van der Waals surface area contributed by atoms with Crippen LogP contribution in [0.4, 0.5) is 0 Å². The maximum Gasteiger partial charge on any atom is 0.305 e. The number of hydrogen-bond donors (Lipinski definition) is 0. The highest BCUT2D eigenvalue weighted by atomic mass is 16.6. The van der Waals surface area contributed by atoms with E-state index in [1.165, 1.54) is 70.6 Å². The van der Waals surface area contributed by atoms with Gasteiger partial charge in [-0.05, 0) is 12.8 Å². The first-order valence-corrected chi connectivity index (χ1v) is 11.5. The first-order valence-electron chi connectivity index (χ1n) is 11.5. The smallest absolute Gasteiger partial charge is 0.305 e. The summed E-state index contributed by atoms with van der Waals surface area (Å²) in [6.07, 6.45) is 19.0. The zero-order valence-corrected chi connectivity index (χ0v) is 18.1. The number of carbonyl (C=O) groups is 2. The Labute approximate surface area is 167 Å². The van der Waals surface area contributed by atoms with Crippen molar-refractivity contribution in [3.05, 3.63) is 0 Å². The summed E-state index contributed by atoms with van der Waals surface area (Å²) in [4.78, 5) is 23.2. The van der Waals surface area contributed by atoms with Gasteiger partial charge in [-0.15, -0.1) is 0 Å². The Morgan fingerprint density at radius 1 is 0.481 bits per heavy atom. The van der Waals surface area contributed by atoms with Gasteiger partial charge in [0.05, 0.1) is 0 Å². The molecule has 4 heteroatoms. The van der Waals surface area contributed by atoms with Gasteiger partial charge < -0.3 is 9.47 Å². The topological polar surface area (TPSA) is 52.6 Å². The molecule has 0 bridgehead atoms. The molecule has 0 aliphatic heterocycles. The standard InChI is InChI=1S/C23H44O4/c1-3-5-7-9-11-12-13-15-17-19-23(25)27-21-20-26-22(24)18-16-14-10-8-6-4-2/h3-21H2,1-2H3. The lowest BCUT2D eigenvalue weighted by Gasteiger charge is -2.07. The second-order valence-electron chi connectivity index (χ2n) is 7.54. The van der Waals surface area contributed by atoms with Gasteiger partial charge in [-0.25, -0.2) is 0 Å². The summed E-state index contributed by atoms with van der Waals surface area (Å²) in [6.45, 7) is 4.79. The molecule has 0 atom stereocenters. The van der Waals surface area contributed by atoms with Crippen molar-refractivity contribution in [3.8, 4) is 0 Å². The van der Waals surface area contributed by atoms with E-state index < -0.39 is 0 Å². The molecule has 0 aromatic rings. The second-order valence-corrected chi connectivity index (χ2v) is 7.54. The van der Waals surface area contributed by atoms with Gasteiger partial charge in [-0.2, -0.15) is 0 Å². The minimum Gasteiger partial charge on any atom is -0.462 e. The van der Waals surface area contributed by atoms with Gasteiger partial charge in [-0.3, -0.25) is 9.59 Å². The average molecular weight is 385 g/mol. The number of hydrogen-bond acceptors (Lipinski definition) is 4. The van der Waals surface area contributed by atoms with E-state index in [0.717, 1.165) is 25.7 Å². The maximum absolute atomic E-state index is 11.6. The molecule has 0 amide bonds. The molecule has 0 aromatic heterocycles. The van der Waals surface area contributed by atoms with Crippen LogP contribution in [0.25, 0.3) is 0 Å². The highest BCUT2D eigenvalue weighted by molar-refractivity contribution is 5.70. The molecule has 0 unspecified atom stereocenters. The quantitative estimate of drug-likeness (QED) is 0.172. The van der Waals surface area contributed by atoms with Gasteiger partial charge in [0.15, 0.2) is 0 Å². The van der Waals surface area contributed by atoms with E-state index >= 15 is 0 Å². The first-order chi connectivity index (χ1) is 13.2. The number of unbranched alkanes of at least 4 members (excludes halogenated alkanes) is 13. The molecular weight excluding hydrogens is 340 g/mol. The van der Waals surface area contributed by atoms with Crippen LogP contribution in [0.15, 0.2) is 0 Å². The van der Waals surface area contributed by atoms with E-state index in [1.807, 2.05) is 0 Å². The fourth-order valence-electron chi connectivity index (χ4n) is 3.09. The third kappa shape index (κ3) is 21.1. The van der Waals surface area contributed by atoms with E-state index in [0.29, 0.717) is 12.8 Å². The molecule has 160 valence electrons. The van der Waals surface area contributed by atoms with Crippen molar-refractivity contribution >= 4 is 11.9 Å². The van der Waals surface area contributed by atoms with Crippen LogP contribution in [0, 0.1) is 0 Å². The normalized spacial score (nSPS) is 10.7. The summed E-state index contributed by atoms with van der Waals surface area (Å²) in [7, 11) is 0. The van der Waals surface area contributed by atoms with Gasteiger partial charge in [0.25, 0.3) is 0 Å². The third-order valence-corrected chi connectivity index (χ3v) is 4.83. The highest BCUT2D eigenvalue weighted by Crippen LogP contribution is 2.11. The van der Waals surface area contributed by atoms with E-state index in [1.54, 1.807) is 0 Å². The summed E-state index contributed by atoms with van der Waals surface area (Å²) >= 11 is 0. The van der Waals surface area contributed by atoms with Crippen molar-refractivity contribution < 1.29 is 19.1 Å². The fourth-order valence-corrected chi connectivity index (χ4v) is 3.09. The van der Waals surface area contributed by atoms with Crippen LogP contribution in [0.1, 0.15) is 123 Å². The van der Waals surface area contributed by atoms with E-state index in [-0.39, 0.29) is 25.2 Å². The molecule has 0 radical (unpaired) electrons. The van der Waals surface area contributed by atoms with Crippen LogP contribution in [0.3, 0.4) is 0 Å². The summed E-state index contributed by atoms with van der Waals surface area (Å²) in [5.74, 6) is -0.356. The van der Waals surface area contributed by atoms with Crippen molar-refractivity contribution in [1.29, 1.82) is 0 Å². The van der Waals surface area contributed by atoms with Gasteiger partial charge in [0.1, 0.15) is 13.2 Å². The molecule has 27 heavy (non-hydrogen) atoms. The van der Waals surface area contributed by atoms with Crippen LogP contribution in [-0.4, -0.2) is 25.2 Å². The lowest BCUT2D eigenvalue weighted by atomic mass is 10.1. The summed E-state index contributed by atoms with van der Waals surface area (Å²) in [6, 6.07) is 0. The maximum atomic E-state index is 11.6. The Hall–Kier alpha value is -1.06. The number of rotatable bonds is 20. The van der Waals surface area contributed by atoms with Crippen molar-refractivity contribution in [2.45, 2.75) is 123 Å². The zero-order valence-electron chi connectivity index (χ0n) is 18.1. The molecule has 4 nitrogen and oxygen atoms in total. The molecule has 0 aliphatic carbocycles. The highest BCUT2D eigenvalue weighted by Gasteiger charge is 2.05. The van der Waals surface area contributed by atoms with Gasteiger partial charge in [0, 0.05) is 12.8 Å². The first kappa shape index (κ1) is 25.9. The summed E-state index contributed by atoms with van der Waals surface area (Å²) < 4.78 is 10.2. The minimum absolute atomic E-state index is 0.176. The molecule has 0 saturated carbocycles. The molecule has 0 N–H and O–H groups in total.